The second-order valence-corrected chi connectivity index (χ2v) is 4.66. The third-order valence-electron chi connectivity index (χ3n) is 2.73. The summed E-state index contributed by atoms with van der Waals surface area (Å²) in [6.45, 7) is 3.08. The lowest BCUT2D eigenvalue weighted by Gasteiger charge is -2.11. The van der Waals surface area contributed by atoms with Crippen LogP contribution in [0.3, 0.4) is 0 Å². The number of amides is 2. The van der Waals surface area contributed by atoms with Crippen LogP contribution in [-0.2, 0) is 4.79 Å². The lowest BCUT2D eigenvalue weighted by atomic mass is 10.2. The molecule has 1 atom stereocenters. The van der Waals surface area contributed by atoms with E-state index < -0.39 is 0 Å². The Bertz CT molecular complexity index is 507. The number of rotatable bonds is 4. The summed E-state index contributed by atoms with van der Waals surface area (Å²) in [7, 11) is 0. The summed E-state index contributed by atoms with van der Waals surface area (Å²) in [4.78, 5) is 27.2. The monoisotopic (exact) mass is 282 g/mol. The molecule has 2 heterocycles. The summed E-state index contributed by atoms with van der Waals surface area (Å²) in [5, 5.41) is 8.71. The highest BCUT2D eigenvalue weighted by atomic mass is 35.5. The molecule has 1 fully saturated rings. The van der Waals surface area contributed by atoms with Crippen molar-refractivity contribution >= 4 is 29.2 Å². The van der Waals surface area contributed by atoms with Gasteiger partial charge in [-0.15, -0.1) is 0 Å². The zero-order valence-electron chi connectivity index (χ0n) is 10.5. The molecule has 3 N–H and O–H groups in total. The average Bonchev–Trinajstić information content (AvgIpc) is 2.74. The highest BCUT2D eigenvalue weighted by Crippen LogP contribution is 2.15. The van der Waals surface area contributed by atoms with Gasteiger partial charge in [-0.2, -0.15) is 0 Å². The average molecular weight is 283 g/mol. The minimum absolute atomic E-state index is 0.0496. The second-order valence-electron chi connectivity index (χ2n) is 4.27. The number of nitrogens with one attached hydrogen (secondary N) is 3. The molecule has 0 aromatic carbocycles. The zero-order chi connectivity index (χ0) is 13.8. The van der Waals surface area contributed by atoms with Crippen molar-refractivity contribution in [2.45, 2.75) is 19.4 Å². The second kappa shape index (κ2) is 5.88. The Kier molecular flexibility index (Phi) is 4.21. The molecule has 0 spiro atoms. The van der Waals surface area contributed by atoms with Crippen molar-refractivity contribution in [3.05, 3.63) is 22.8 Å². The maximum Gasteiger partial charge on any atom is 0.251 e. The standard InChI is InChI=1S/C12H15ClN4O2/c1-2-14-10-4-7(3-9(13)17-10)12(19)16-8-5-11(18)15-6-8/h3-4,8H,2,5-6H2,1H3,(H,14,17)(H,15,18)(H,16,19). The van der Waals surface area contributed by atoms with Crippen molar-refractivity contribution in [1.29, 1.82) is 0 Å². The smallest absolute Gasteiger partial charge is 0.251 e. The van der Waals surface area contributed by atoms with E-state index in [0.29, 0.717) is 30.9 Å². The van der Waals surface area contributed by atoms with E-state index in [-0.39, 0.29) is 23.0 Å². The number of pyridine rings is 1. The summed E-state index contributed by atoms with van der Waals surface area (Å²) in [6.07, 6.45) is 0.310. The van der Waals surface area contributed by atoms with Crippen LogP contribution in [0.1, 0.15) is 23.7 Å². The summed E-state index contributed by atoms with van der Waals surface area (Å²) < 4.78 is 0. The predicted molar refractivity (Wildman–Crippen MR) is 72.3 cm³/mol. The van der Waals surface area contributed by atoms with Crippen LogP contribution in [0.5, 0.6) is 0 Å². The molecule has 6 nitrogen and oxygen atoms in total. The molecule has 0 bridgehead atoms. The number of hydrogen-bond acceptors (Lipinski definition) is 4. The molecule has 1 saturated heterocycles. The largest absolute Gasteiger partial charge is 0.370 e. The predicted octanol–water partition coefficient (Wildman–Crippen LogP) is 0.785. The van der Waals surface area contributed by atoms with Gasteiger partial charge in [0, 0.05) is 25.1 Å². The quantitative estimate of drug-likeness (QED) is 0.713. The van der Waals surface area contributed by atoms with Crippen LogP contribution in [-0.4, -0.2) is 35.9 Å². The van der Waals surface area contributed by atoms with Gasteiger partial charge in [-0.25, -0.2) is 4.98 Å². The molecule has 0 radical (unpaired) electrons. The highest BCUT2D eigenvalue weighted by Gasteiger charge is 2.23. The van der Waals surface area contributed by atoms with Gasteiger partial charge in [0.05, 0.1) is 6.04 Å². The summed E-state index contributed by atoms with van der Waals surface area (Å²) in [6, 6.07) is 2.96. The van der Waals surface area contributed by atoms with Gasteiger partial charge in [0.25, 0.3) is 5.91 Å². The van der Waals surface area contributed by atoms with Crippen LogP contribution < -0.4 is 16.0 Å². The first kappa shape index (κ1) is 13.6. The van der Waals surface area contributed by atoms with Crippen LogP contribution in [0.2, 0.25) is 5.15 Å². The summed E-state index contributed by atoms with van der Waals surface area (Å²) in [5.74, 6) is 0.247. The Balaban J connectivity index is 2.07. The Labute approximate surface area is 115 Å². The van der Waals surface area contributed by atoms with Crippen molar-refractivity contribution < 1.29 is 9.59 Å². The Morgan fingerprint density at radius 1 is 1.58 bits per heavy atom. The Morgan fingerprint density at radius 3 is 3.00 bits per heavy atom. The number of anilines is 1. The third kappa shape index (κ3) is 3.57. The fourth-order valence-corrected chi connectivity index (χ4v) is 2.08. The van der Waals surface area contributed by atoms with Gasteiger partial charge in [-0.05, 0) is 19.1 Å². The van der Waals surface area contributed by atoms with Crippen LogP contribution >= 0.6 is 11.6 Å². The summed E-state index contributed by atoms with van der Waals surface area (Å²) >= 11 is 5.87. The molecule has 19 heavy (non-hydrogen) atoms. The SMILES string of the molecule is CCNc1cc(C(=O)NC2CNC(=O)C2)cc(Cl)n1. The van der Waals surface area contributed by atoms with E-state index in [1.165, 1.54) is 6.07 Å². The minimum Gasteiger partial charge on any atom is -0.370 e. The zero-order valence-corrected chi connectivity index (χ0v) is 11.3. The number of carbonyl (C=O) groups is 2. The maximum atomic E-state index is 12.1. The molecular weight excluding hydrogens is 268 g/mol. The van der Waals surface area contributed by atoms with Crippen LogP contribution in [0, 0.1) is 0 Å². The molecule has 0 aliphatic carbocycles. The summed E-state index contributed by atoms with van der Waals surface area (Å²) in [5.41, 5.74) is 0.426. The first-order valence-electron chi connectivity index (χ1n) is 6.07. The molecule has 1 unspecified atom stereocenters. The van der Waals surface area contributed by atoms with Gasteiger partial charge in [0.15, 0.2) is 0 Å². The maximum absolute atomic E-state index is 12.1. The van der Waals surface area contributed by atoms with Gasteiger partial charge in [-0.1, -0.05) is 11.6 Å². The fraction of sp³-hybridized carbons (Fsp3) is 0.417. The molecule has 1 aromatic heterocycles. The number of halogens is 1. The lowest BCUT2D eigenvalue weighted by molar-refractivity contribution is -0.119. The van der Waals surface area contributed by atoms with Gasteiger partial charge >= 0.3 is 0 Å². The number of carbonyl (C=O) groups excluding carboxylic acids is 2. The first-order valence-corrected chi connectivity index (χ1v) is 6.45. The number of hydrogen-bond donors (Lipinski definition) is 3. The normalized spacial score (nSPS) is 18.0. The van der Waals surface area contributed by atoms with Gasteiger partial charge < -0.3 is 16.0 Å². The number of nitrogens with zero attached hydrogens (tertiary/aromatic N) is 1. The van der Waals surface area contributed by atoms with E-state index in [0.717, 1.165) is 0 Å². The van der Waals surface area contributed by atoms with Crippen molar-refractivity contribution in [2.24, 2.45) is 0 Å². The van der Waals surface area contributed by atoms with E-state index in [2.05, 4.69) is 20.9 Å². The number of aromatic nitrogens is 1. The Morgan fingerprint density at radius 2 is 2.37 bits per heavy atom. The lowest BCUT2D eigenvalue weighted by Crippen LogP contribution is -2.36. The van der Waals surface area contributed by atoms with Gasteiger partial charge in [-0.3, -0.25) is 9.59 Å². The molecule has 1 aliphatic rings. The van der Waals surface area contributed by atoms with E-state index >= 15 is 0 Å². The van der Waals surface area contributed by atoms with E-state index in [4.69, 9.17) is 11.6 Å². The van der Waals surface area contributed by atoms with Crippen LogP contribution in [0.25, 0.3) is 0 Å². The fourth-order valence-electron chi connectivity index (χ4n) is 1.88. The topological polar surface area (TPSA) is 83.1 Å². The minimum atomic E-state index is -0.259. The van der Waals surface area contributed by atoms with Crippen molar-refractivity contribution in [3.63, 3.8) is 0 Å². The van der Waals surface area contributed by atoms with Crippen molar-refractivity contribution in [1.82, 2.24) is 15.6 Å². The van der Waals surface area contributed by atoms with Crippen LogP contribution in [0.4, 0.5) is 5.82 Å². The molecule has 2 amide bonds. The van der Waals surface area contributed by atoms with Crippen LogP contribution in [0.15, 0.2) is 12.1 Å². The molecule has 7 heteroatoms. The molecule has 2 rings (SSSR count). The van der Waals surface area contributed by atoms with E-state index in [9.17, 15) is 9.59 Å². The van der Waals surface area contributed by atoms with Crippen molar-refractivity contribution in [2.75, 3.05) is 18.4 Å². The molecule has 1 aliphatic heterocycles. The Hall–Kier alpha value is -1.82. The first-order chi connectivity index (χ1) is 9.08. The van der Waals surface area contributed by atoms with Crippen molar-refractivity contribution in [3.8, 4) is 0 Å². The van der Waals surface area contributed by atoms with Gasteiger partial charge in [0.1, 0.15) is 11.0 Å². The highest BCUT2D eigenvalue weighted by molar-refractivity contribution is 6.29. The van der Waals surface area contributed by atoms with E-state index in [1.54, 1.807) is 6.07 Å². The van der Waals surface area contributed by atoms with E-state index in [1.807, 2.05) is 6.92 Å². The third-order valence-corrected chi connectivity index (χ3v) is 2.92. The molecular formula is C12H15ClN4O2. The molecule has 0 saturated carbocycles. The molecule has 102 valence electrons. The molecule has 1 aromatic rings. The van der Waals surface area contributed by atoms with Gasteiger partial charge in [0.2, 0.25) is 5.91 Å².